The fraction of sp³-hybridized carbons (Fsp3) is 0.308. The Balaban J connectivity index is 2.57. The van der Waals surface area contributed by atoms with Gasteiger partial charge in [-0.25, -0.2) is 17.8 Å². The molecular weight excluding hydrogens is 262 g/mol. The van der Waals surface area contributed by atoms with Crippen LogP contribution in [0.3, 0.4) is 0 Å². The Hall–Kier alpha value is -1.66. The van der Waals surface area contributed by atoms with Gasteiger partial charge in [0.1, 0.15) is 0 Å². The molecule has 19 heavy (non-hydrogen) atoms. The minimum atomic E-state index is -3.52. The summed E-state index contributed by atoms with van der Waals surface area (Å²) in [5, 5.41) is 4.28. The first-order chi connectivity index (χ1) is 8.95. The molecule has 2 aromatic rings. The third-order valence-corrected chi connectivity index (χ3v) is 4.33. The number of aromatic nitrogens is 2. The number of rotatable bonds is 4. The van der Waals surface area contributed by atoms with E-state index in [1.165, 1.54) is 16.9 Å². The van der Waals surface area contributed by atoms with E-state index in [1.54, 1.807) is 6.92 Å². The number of sulfonamides is 1. The standard InChI is InChI=1S/C13H17N3O2S/c1-4-15-19(17,18)13-7-8-14-16(13)12-6-5-10(2)9-11(12)3/h5-9,15H,4H2,1-3H3. The predicted molar refractivity (Wildman–Crippen MR) is 73.9 cm³/mol. The number of benzene rings is 1. The molecule has 0 unspecified atom stereocenters. The Morgan fingerprint density at radius 1 is 1.26 bits per heavy atom. The molecule has 0 saturated carbocycles. The summed E-state index contributed by atoms with van der Waals surface area (Å²) >= 11 is 0. The average molecular weight is 279 g/mol. The number of nitrogens with zero attached hydrogens (tertiary/aromatic N) is 2. The van der Waals surface area contributed by atoms with E-state index in [0.717, 1.165) is 16.8 Å². The molecule has 6 heteroatoms. The van der Waals surface area contributed by atoms with E-state index < -0.39 is 10.0 Å². The SMILES string of the molecule is CCNS(=O)(=O)c1ccnn1-c1ccc(C)cc1C. The summed E-state index contributed by atoms with van der Waals surface area (Å²) in [4.78, 5) is 0. The predicted octanol–water partition coefficient (Wildman–Crippen LogP) is 1.79. The third-order valence-electron chi connectivity index (χ3n) is 2.80. The van der Waals surface area contributed by atoms with Crippen LogP contribution in [0.25, 0.3) is 5.69 Å². The van der Waals surface area contributed by atoms with Crippen LogP contribution in [-0.4, -0.2) is 24.7 Å². The average Bonchev–Trinajstić information content (AvgIpc) is 2.78. The van der Waals surface area contributed by atoms with Gasteiger partial charge in [0, 0.05) is 6.54 Å². The molecule has 1 aromatic heterocycles. The Morgan fingerprint density at radius 2 is 2.00 bits per heavy atom. The molecule has 5 nitrogen and oxygen atoms in total. The van der Waals surface area contributed by atoms with Gasteiger partial charge in [-0.15, -0.1) is 0 Å². The summed E-state index contributed by atoms with van der Waals surface area (Å²) in [6, 6.07) is 7.31. The van der Waals surface area contributed by atoms with E-state index in [2.05, 4.69) is 9.82 Å². The van der Waals surface area contributed by atoms with Gasteiger partial charge in [-0.2, -0.15) is 5.10 Å². The Bertz CT molecular complexity index is 690. The summed E-state index contributed by atoms with van der Waals surface area (Å²) in [5.41, 5.74) is 2.88. The van der Waals surface area contributed by atoms with Crippen molar-refractivity contribution in [1.82, 2.24) is 14.5 Å². The largest absolute Gasteiger partial charge is 0.258 e. The molecule has 0 aliphatic rings. The van der Waals surface area contributed by atoms with Crippen LogP contribution < -0.4 is 4.72 Å². The highest BCUT2D eigenvalue weighted by molar-refractivity contribution is 7.89. The van der Waals surface area contributed by atoms with Crippen LogP contribution in [0.2, 0.25) is 0 Å². The van der Waals surface area contributed by atoms with Crippen molar-refractivity contribution in [3.05, 3.63) is 41.6 Å². The molecule has 2 rings (SSSR count). The highest BCUT2D eigenvalue weighted by Crippen LogP contribution is 2.19. The maximum Gasteiger partial charge on any atom is 0.258 e. The van der Waals surface area contributed by atoms with Gasteiger partial charge in [0.05, 0.1) is 11.9 Å². The Kier molecular flexibility index (Phi) is 3.73. The normalized spacial score (nSPS) is 11.7. The maximum absolute atomic E-state index is 12.1. The van der Waals surface area contributed by atoms with Crippen molar-refractivity contribution >= 4 is 10.0 Å². The minimum absolute atomic E-state index is 0.154. The van der Waals surface area contributed by atoms with E-state index in [4.69, 9.17) is 0 Å². The quantitative estimate of drug-likeness (QED) is 0.928. The molecule has 1 heterocycles. The van der Waals surface area contributed by atoms with Crippen LogP contribution >= 0.6 is 0 Å². The second kappa shape index (κ2) is 5.14. The van der Waals surface area contributed by atoms with Crippen molar-refractivity contribution in [2.75, 3.05) is 6.54 Å². The minimum Gasteiger partial charge on any atom is -0.220 e. The summed E-state index contributed by atoms with van der Waals surface area (Å²) in [5.74, 6) is 0. The monoisotopic (exact) mass is 279 g/mol. The zero-order chi connectivity index (χ0) is 14.0. The Labute approximate surface area is 113 Å². The lowest BCUT2D eigenvalue weighted by atomic mass is 10.1. The molecule has 1 N–H and O–H groups in total. The molecule has 0 radical (unpaired) electrons. The Morgan fingerprint density at radius 3 is 2.63 bits per heavy atom. The lowest BCUT2D eigenvalue weighted by molar-refractivity contribution is 0.573. The molecule has 0 bridgehead atoms. The van der Waals surface area contributed by atoms with Crippen LogP contribution in [0.4, 0.5) is 0 Å². The van der Waals surface area contributed by atoms with Crippen LogP contribution in [0.15, 0.2) is 35.5 Å². The summed E-state index contributed by atoms with van der Waals surface area (Å²) < 4.78 is 28.1. The van der Waals surface area contributed by atoms with Gasteiger partial charge >= 0.3 is 0 Å². The lowest BCUT2D eigenvalue weighted by Gasteiger charge is -2.11. The number of aryl methyl sites for hydroxylation is 2. The van der Waals surface area contributed by atoms with Gasteiger partial charge in [0.25, 0.3) is 10.0 Å². The molecule has 0 aliphatic heterocycles. The number of hydrogen-bond acceptors (Lipinski definition) is 3. The fourth-order valence-electron chi connectivity index (χ4n) is 1.98. The fourth-order valence-corrected chi connectivity index (χ4v) is 3.12. The van der Waals surface area contributed by atoms with Gasteiger partial charge in [0.2, 0.25) is 0 Å². The number of hydrogen-bond donors (Lipinski definition) is 1. The molecule has 0 amide bonds. The topological polar surface area (TPSA) is 64.0 Å². The van der Waals surface area contributed by atoms with Gasteiger partial charge < -0.3 is 0 Å². The molecule has 0 saturated heterocycles. The lowest BCUT2D eigenvalue weighted by Crippen LogP contribution is -2.25. The van der Waals surface area contributed by atoms with Crippen molar-refractivity contribution in [1.29, 1.82) is 0 Å². The van der Waals surface area contributed by atoms with E-state index >= 15 is 0 Å². The van der Waals surface area contributed by atoms with Crippen molar-refractivity contribution in [3.63, 3.8) is 0 Å². The molecule has 102 valence electrons. The van der Waals surface area contributed by atoms with Crippen molar-refractivity contribution in [3.8, 4) is 5.69 Å². The molecule has 1 aromatic carbocycles. The molecule has 0 aliphatic carbocycles. The van der Waals surface area contributed by atoms with Crippen molar-refractivity contribution in [2.45, 2.75) is 25.8 Å². The van der Waals surface area contributed by atoms with Crippen molar-refractivity contribution < 1.29 is 8.42 Å². The van der Waals surface area contributed by atoms with Crippen molar-refractivity contribution in [2.24, 2.45) is 0 Å². The summed E-state index contributed by atoms with van der Waals surface area (Å²) in [6.45, 7) is 6.03. The molecule has 0 atom stereocenters. The van der Waals surface area contributed by atoms with Crippen LogP contribution in [0.5, 0.6) is 0 Å². The maximum atomic E-state index is 12.1. The van der Waals surface area contributed by atoms with Gasteiger partial charge in [-0.1, -0.05) is 24.6 Å². The highest BCUT2D eigenvalue weighted by atomic mass is 32.2. The van der Waals surface area contributed by atoms with E-state index in [-0.39, 0.29) is 5.03 Å². The van der Waals surface area contributed by atoms with E-state index in [0.29, 0.717) is 6.54 Å². The van der Waals surface area contributed by atoms with E-state index in [1.807, 2.05) is 32.0 Å². The molecule has 0 spiro atoms. The van der Waals surface area contributed by atoms with E-state index in [9.17, 15) is 8.42 Å². The molecule has 0 fully saturated rings. The zero-order valence-corrected chi connectivity index (χ0v) is 12.0. The van der Waals surface area contributed by atoms with Crippen LogP contribution in [0.1, 0.15) is 18.1 Å². The second-order valence-electron chi connectivity index (χ2n) is 4.37. The van der Waals surface area contributed by atoms with Crippen LogP contribution in [-0.2, 0) is 10.0 Å². The first-order valence-electron chi connectivity index (χ1n) is 6.07. The number of nitrogens with one attached hydrogen (secondary N) is 1. The zero-order valence-electron chi connectivity index (χ0n) is 11.2. The second-order valence-corrected chi connectivity index (χ2v) is 6.09. The highest BCUT2D eigenvalue weighted by Gasteiger charge is 2.19. The van der Waals surface area contributed by atoms with Crippen LogP contribution in [0, 0.1) is 13.8 Å². The summed E-state index contributed by atoms with van der Waals surface area (Å²) in [7, 11) is -3.52. The van der Waals surface area contributed by atoms with Gasteiger partial charge in [-0.05, 0) is 31.5 Å². The molecular formula is C13H17N3O2S. The third kappa shape index (κ3) is 2.69. The summed E-state index contributed by atoms with van der Waals surface area (Å²) in [6.07, 6.45) is 1.49. The first-order valence-corrected chi connectivity index (χ1v) is 7.55. The first kappa shape index (κ1) is 13.8. The van der Waals surface area contributed by atoms with Gasteiger partial charge in [-0.3, -0.25) is 0 Å². The smallest absolute Gasteiger partial charge is 0.220 e. The van der Waals surface area contributed by atoms with Gasteiger partial charge in [0.15, 0.2) is 5.03 Å².